The second kappa shape index (κ2) is 5.46. The van der Waals surface area contributed by atoms with Gasteiger partial charge in [0.15, 0.2) is 5.82 Å². The highest BCUT2D eigenvalue weighted by Crippen LogP contribution is 2.22. The molecule has 0 fully saturated rings. The molecule has 0 radical (unpaired) electrons. The zero-order valence-electron chi connectivity index (χ0n) is 9.39. The van der Waals surface area contributed by atoms with Crippen LogP contribution in [0.3, 0.4) is 0 Å². The fourth-order valence-corrected chi connectivity index (χ4v) is 1.60. The topological polar surface area (TPSA) is 77.3 Å². The van der Waals surface area contributed by atoms with Gasteiger partial charge in [0.05, 0.1) is 6.67 Å². The third kappa shape index (κ3) is 2.28. The van der Waals surface area contributed by atoms with Crippen LogP contribution in [0.4, 0.5) is 11.5 Å². The molecule has 0 aromatic carbocycles. The van der Waals surface area contributed by atoms with Crippen LogP contribution in [0.5, 0.6) is 0 Å². The predicted octanol–water partition coefficient (Wildman–Crippen LogP) is 0.425. The van der Waals surface area contributed by atoms with Gasteiger partial charge in [0, 0.05) is 14.1 Å². The number of nitrogens with zero attached hydrogens (tertiary/aromatic N) is 3. The summed E-state index contributed by atoms with van der Waals surface area (Å²) < 4.78 is 3.59. The molecule has 8 heteroatoms. The Morgan fingerprint density at radius 3 is 2.75 bits per heavy atom. The smallest absolute Gasteiger partial charge is 0.293 e. The van der Waals surface area contributed by atoms with Crippen molar-refractivity contribution in [2.45, 2.75) is 6.67 Å². The summed E-state index contributed by atoms with van der Waals surface area (Å²) in [6.07, 6.45) is 1.86. The molecule has 1 heterocycles. The molecule has 1 aromatic heterocycles. The molecule has 16 heavy (non-hydrogen) atoms. The van der Waals surface area contributed by atoms with E-state index in [0.29, 0.717) is 15.9 Å². The second-order valence-electron chi connectivity index (χ2n) is 2.96. The van der Waals surface area contributed by atoms with E-state index in [1.165, 1.54) is 16.4 Å². The molecule has 1 aromatic rings. The summed E-state index contributed by atoms with van der Waals surface area (Å²) in [4.78, 5) is 16.1. The van der Waals surface area contributed by atoms with Crippen LogP contribution in [0.25, 0.3) is 0 Å². The standard InChI is InChI=1S/C8H15N5OS2/c1-10-5-6(11-8(15)16-3)12(2)13(4-9)7(5)14/h10H,4,9H2,1-3H3,(H,11,15). The summed E-state index contributed by atoms with van der Waals surface area (Å²) in [5, 5.41) is 2.83. The Morgan fingerprint density at radius 1 is 1.69 bits per heavy atom. The van der Waals surface area contributed by atoms with Gasteiger partial charge in [0.1, 0.15) is 10.1 Å². The summed E-state index contributed by atoms with van der Waals surface area (Å²) in [5.74, 6) is 0.525. The van der Waals surface area contributed by atoms with Crippen LogP contribution in [0.15, 0.2) is 9.79 Å². The van der Waals surface area contributed by atoms with Gasteiger partial charge in [-0.1, -0.05) is 0 Å². The molecule has 0 aliphatic heterocycles. The van der Waals surface area contributed by atoms with Crippen LogP contribution < -0.4 is 16.6 Å². The quantitative estimate of drug-likeness (QED) is 0.419. The summed E-state index contributed by atoms with van der Waals surface area (Å²) in [7, 11) is 3.41. The highest BCUT2D eigenvalue weighted by atomic mass is 32.2. The van der Waals surface area contributed by atoms with E-state index in [1.54, 1.807) is 18.8 Å². The number of rotatable bonds is 3. The molecule has 0 unspecified atom stereocenters. The Balaban J connectivity index is 3.43. The van der Waals surface area contributed by atoms with E-state index in [-0.39, 0.29) is 12.2 Å². The second-order valence-corrected chi connectivity index (χ2v) is 4.48. The predicted molar refractivity (Wildman–Crippen MR) is 73.0 cm³/mol. The Labute approximate surface area is 103 Å². The van der Waals surface area contributed by atoms with Crippen molar-refractivity contribution in [2.24, 2.45) is 17.8 Å². The van der Waals surface area contributed by atoms with E-state index in [1.807, 2.05) is 6.26 Å². The van der Waals surface area contributed by atoms with Gasteiger partial charge in [-0.25, -0.2) is 9.67 Å². The Morgan fingerprint density at radius 2 is 2.31 bits per heavy atom. The van der Waals surface area contributed by atoms with Gasteiger partial charge < -0.3 is 11.1 Å². The lowest BCUT2D eigenvalue weighted by atomic mass is 10.5. The van der Waals surface area contributed by atoms with E-state index in [2.05, 4.69) is 22.9 Å². The molecule has 0 bridgehead atoms. The van der Waals surface area contributed by atoms with Gasteiger partial charge in [0.25, 0.3) is 5.56 Å². The number of aromatic nitrogens is 2. The van der Waals surface area contributed by atoms with Crippen molar-refractivity contribution in [3.05, 3.63) is 10.4 Å². The first kappa shape index (κ1) is 13.2. The molecule has 0 spiro atoms. The van der Waals surface area contributed by atoms with Crippen molar-refractivity contribution in [2.75, 3.05) is 18.6 Å². The van der Waals surface area contributed by atoms with E-state index >= 15 is 0 Å². The van der Waals surface area contributed by atoms with Crippen molar-refractivity contribution in [1.29, 1.82) is 0 Å². The maximum absolute atomic E-state index is 11.8. The van der Waals surface area contributed by atoms with Gasteiger partial charge in [-0.05, 0) is 6.26 Å². The minimum absolute atomic E-state index is 0.112. The lowest BCUT2D eigenvalue weighted by Gasteiger charge is -2.04. The summed E-state index contributed by atoms with van der Waals surface area (Å²) in [5.41, 5.74) is 5.73. The highest BCUT2D eigenvalue weighted by Gasteiger charge is 2.15. The molecule has 0 atom stereocenters. The average Bonchev–Trinajstić information content (AvgIpc) is 2.50. The number of nitrogens with one attached hydrogen (secondary N) is 1. The molecule has 0 aliphatic rings. The van der Waals surface area contributed by atoms with Crippen LogP contribution in [0.1, 0.15) is 0 Å². The average molecular weight is 261 g/mol. The fraction of sp³-hybridized carbons (Fsp3) is 0.500. The Hall–Kier alpha value is -0.860. The minimum atomic E-state index is -0.187. The molecule has 6 nitrogen and oxygen atoms in total. The van der Waals surface area contributed by atoms with Crippen molar-refractivity contribution >= 4 is 40.3 Å². The van der Waals surface area contributed by atoms with Crippen molar-refractivity contribution in [3.8, 4) is 0 Å². The maximum atomic E-state index is 11.8. The highest BCUT2D eigenvalue weighted by molar-refractivity contribution is 8.32. The third-order valence-corrected chi connectivity index (χ3v) is 3.25. The van der Waals surface area contributed by atoms with Crippen LogP contribution in [0, 0.1) is 0 Å². The number of nitrogens with two attached hydrogens (primary N) is 1. The molecule has 0 saturated carbocycles. The monoisotopic (exact) mass is 261 g/mol. The van der Waals surface area contributed by atoms with Crippen LogP contribution in [0.2, 0.25) is 0 Å². The lowest BCUT2D eigenvalue weighted by molar-refractivity contribution is 0.511. The van der Waals surface area contributed by atoms with E-state index < -0.39 is 0 Å². The first-order chi connectivity index (χ1) is 7.56. The zero-order valence-corrected chi connectivity index (χ0v) is 11.1. The summed E-state index contributed by atoms with van der Waals surface area (Å²) in [6.45, 7) is 0.112. The Kier molecular flexibility index (Phi) is 4.51. The number of hydrogen-bond donors (Lipinski definition) is 3. The SMILES string of the molecule is CNc1c(/N=C(\S)SC)n(C)n(CN)c1=O. The van der Waals surface area contributed by atoms with E-state index in [0.717, 1.165) is 0 Å². The number of thiol groups is 1. The van der Waals surface area contributed by atoms with Gasteiger partial charge >= 0.3 is 0 Å². The maximum Gasteiger partial charge on any atom is 0.293 e. The molecule has 1 rings (SSSR count). The van der Waals surface area contributed by atoms with Crippen LogP contribution >= 0.6 is 24.4 Å². The van der Waals surface area contributed by atoms with E-state index in [9.17, 15) is 4.79 Å². The third-order valence-electron chi connectivity index (χ3n) is 2.15. The van der Waals surface area contributed by atoms with Gasteiger partial charge in [0.2, 0.25) is 0 Å². The van der Waals surface area contributed by atoms with E-state index in [4.69, 9.17) is 5.73 Å². The summed E-state index contributed by atoms with van der Waals surface area (Å²) >= 11 is 5.58. The number of aliphatic imine (C=N–C) groups is 1. The minimum Gasteiger partial charge on any atom is -0.381 e. The normalized spacial score (nSPS) is 11.9. The molecular weight excluding hydrogens is 246 g/mol. The first-order valence-corrected chi connectivity index (χ1v) is 6.23. The molecule has 3 N–H and O–H groups in total. The molecule has 90 valence electrons. The molecular formula is C8H15N5OS2. The lowest BCUT2D eigenvalue weighted by Crippen LogP contribution is -2.26. The van der Waals surface area contributed by atoms with Crippen molar-refractivity contribution < 1.29 is 0 Å². The summed E-state index contributed by atoms with van der Waals surface area (Å²) in [6, 6.07) is 0. The molecule has 0 saturated heterocycles. The van der Waals surface area contributed by atoms with Crippen molar-refractivity contribution in [3.63, 3.8) is 0 Å². The van der Waals surface area contributed by atoms with Gasteiger partial charge in [-0.3, -0.25) is 9.48 Å². The van der Waals surface area contributed by atoms with Crippen molar-refractivity contribution in [1.82, 2.24) is 9.36 Å². The van der Waals surface area contributed by atoms with Crippen LogP contribution in [-0.2, 0) is 13.7 Å². The van der Waals surface area contributed by atoms with Gasteiger partial charge in [-0.2, -0.15) is 0 Å². The fourth-order valence-electron chi connectivity index (χ4n) is 1.33. The Bertz CT molecular complexity index is 462. The zero-order chi connectivity index (χ0) is 12.3. The molecule has 0 aliphatic carbocycles. The van der Waals surface area contributed by atoms with Crippen LogP contribution in [-0.4, -0.2) is 27.0 Å². The first-order valence-electron chi connectivity index (χ1n) is 4.56. The number of anilines is 1. The van der Waals surface area contributed by atoms with Gasteiger partial charge in [-0.15, -0.1) is 24.4 Å². The number of thioether (sulfide) groups is 1. The largest absolute Gasteiger partial charge is 0.381 e. The molecule has 0 amide bonds. The number of hydrogen-bond acceptors (Lipinski definition) is 5.